The van der Waals surface area contributed by atoms with Gasteiger partial charge in [-0.3, -0.25) is 10.1 Å². The number of aryl methyl sites for hydroxylation is 1. The normalized spacial score (nSPS) is 11.5. The third kappa shape index (κ3) is 3.99. The first-order valence-electron chi connectivity index (χ1n) is 11.7. The largest absolute Gasteiger partial charge is 0.321 e. The fraction of sp³-hybridized carbons (Fsp3) is 0.148. The van der Waals surface area contributed by atoms with Crippen molar-refractivity contribution < 1.29 is 4.39 Å². The molecule has 36 heavy (non-hydrogen) atoms. The van der Waals surface area contributed by atoms with E-state index in [1.165, 1.54) is 12.1 Å². The van der Waals surface area contributed by atoms with E-state index in [-0.39, 0.29) is 5.82 Å². The number of nitrogens with zero attached hydrogens (tertiary/aromatic N) is 5. The Labute approximate surface area is 206 Å². The van der Waals surface area contributed by atoms with Gasteiger partial charge in [0.25, 0.3) is 0 Å². The molecule has 6 rings (SSSR count). The van der Waals surface area contributed by atoms with Gasteiger partial charge < -0.3 is 10.3 Å². The summed E-state index contributed by atoms with van der Waals surface area (Å²) in [6.45, 7) is 5.59. The number of imidazole rings is 1. The number of rotatable bonds is 6. The average molecular weight is 479 g/mol. The maximum Gasteiger partial charge on any atom is 0.161 e. The fourth-order valence-electron chi connectivity index (χ4n) is 4.40. The van der Waals surface area contributed by atoms with Gasteiger partial charge in [-0.1, -0.05) is 13.0 Å². The van der Waals surface area contributed by atoms with Crippen LogP contribution in [0.25, 0.3) is 56.0 Å². The maximum absolute atomic E-state index is 14.1. The Kier molecular flexibility index (Phi) is 5.46. The molecule has 8 nitrogen and oxygen atoms in total. The highest BCUT2D eigenvalue weighted by molar-refractivity contribution is 5.96. The lowest BCUT2D eigenvalue weighted by molar-refractivity contribution is 0.627. The highest BCUT2D eigenvalue weighted by atomic mass is 19.1. The van der Waals surface area contributed by atoms with Crippen molar-refractivity contribution in [3.8, 4) is 33.8 Å². The molecule has 0 aliphatic heterocycles. The molecule has 9 heteroatoms. The zero-order valence-corrected chi connectivity index (χ0v) is 19.8. The summed E-state index contributed by atoms with van der Waals surface area (Å²) < 4.78 is 14.1. The van der Waals surface area contributed by atoms with E-state index in [0.717, 1.165) is 51.9 Å². The van der Waals surface area contributed by atoms with Crippen LogP contribution >= 0.6 is 0 Å². The number of halogens is 1. The predicted molar refractivity (Wildman–Crippen MR) is 138 cm³/mol. The average Bonchev–Trinajstić information content (AvgIpc) is 3.50. The van der Waals surface area contributed by atoms with E-state index in [9.17, 15) is 4.39 Å². The van der Waals surface area contributed by atoms with Crippen molar-refractivity contribution in [3.63, 3.8) is 0 Å². The molecule has 0 aliphatic rings. The van der Waals surface area contributed by atoms with Crippen LogP contribution in [-0.2, 0) is 6.54 Å². The number of H-pyrrole nitrogens is 2. The lowest BCUT2D eigenvalue weighted by Crippen LogP contribution is -2.11. The first-order chi connectivity index (χ1) is 17.6. The molecule has 0 spiro atoms. The molecule has 5 aromatic heterocycles. The SMILES string of the molecule is CCNCc1cncc(-c2cnc3[nH]nc(-c4nc5c(-c6cc(C)cc(F)c6)ccnc5[nH]4)c3c2)c1. The number of benzene rings is 1. The molecule has 6 aromatic rings. The van der Waals surface area contributed by atoms with Gasteiger partial charge in [-0.05, 0) is 60.5 Å². The maximum atomic E-state index is 14.1. The lowest BCUT2D eigenvalue weighted by Gasteiger charge is -2.05. The van der Waals surface area contributed by atoms with Crippen molar-refractivity contribution in [2.75, 3.05) is 6.54 Å². The summed E-state index contributed by atoms with van der Waals surface area (Å²) in [5.41, 5.74) is 7.93. The standard InChI is InChI=1S/C27H23FN8/c1-3-29-11-16-8-18(13-30-12-16)19-10-22-24(35-36-25(22)32-14-19)27-33-23-21(4-5-31-26(23)34-27)17-6-15(2)7-20(28)9-17/h4-10,12-14,29H,3,11H2,1-2H3,(H,31,33,34)(H,32,35,36). The highest BCUT2D eigenvalue weighted by Gasteiger charge is 2.17. The summed E-state index contributed by atoms with van der Waals surface area (Å²) in [5, 5.41) is 11.6. The van der Waals surface area contributed by atoms with Crippen LogP contribution in [0, 0.1) is 12.7 Å². The fourth-order valence-corrected chi connectivity index (χ4v) is 4.40. The summed E-state index contributed by atoms with van der Waals surface area (Å²) >= 11 is 0. The van der Waals surface area contributed by atoms with E-state index < -0.39 is 0 Å². The van der Waals surface area contributed by atoms with Crippen LogP contribution < -0.4 is 5.32 Å². The summed E-state index contributed by atoms with van der Waals surface area (Å²) in [7, 11) is 0. The van der Waals surface area contributed by atoms with Crippen molar-refractivity contribution >= 4 is 22.2 Å². The molecule has 0 unspecified atom stereocenters. The third-order valence-corrected chi connectivity index (χ3v) is 6.09. The predicted octanol–water partition coefficient (Wildman–Crippen LogP) is 5.18. The van der Waals surface area contributed by atoms with Crippen molar-refractivity contribution in [1.29, 1.82) is 0 Å². The second kappa shape index (κ2) is 8.94. The first kappa shape index (κ1) is 22.0. The topological polar surface area (TPSA) is 108 Å². The molecule has 0 atom stereocenters. The van der Waals surface area contributed by atoms with Gasteiger partial charge in [0.05, 0.1) is 5.39 Å². The van der Waals surface area contributed by atoms with Gasteiger partial charge in [-0.2, -0.15) is 5.10 Å². The van der Waals surface area contributed by atoms with Gasteiger partial charge >= 0.3 is 0 Å². The van der Waals surface area contributed by atoms with E-state index in [2.05, 4.69) is 48.4 Å². The summed E-state index contributed by atoms with van der Waals surface area (Å²) in [5.74, 6) is 0.272. The van der Waals surface area contributed by atoms with Crippen LogP contribution in [0.3, 0.4) is 0 Å². The van der Waals surface area contributed by atoms with Crippen LogP contribution in [0.15, 0.2) is 61.2 Å². The van der Waals surface area contributed by atoms with Crippen molar-refractivity contribution in [1.82, 2.24) is 40.4 Å². The van der Waals surface area contributed by atoms with Crippen LogP contribution in [0.4, 0.5) is 4.39 Å². The third-order valence-electron chi connectivity index (χ3n) is 6.09. The Morgan fingerprint density at radius 3 is 2.69 bits per heavy atom. The molecule has 0 bridgehead atoms. The zero-order chi connectivity index (χ0) is 24.6. The highest BCUT2D eigenvalue weighted by Crippen LogP contribution is 2.32. The number of aromatic amines is 2. The van der Waals surface area contributed by atoms with Gasteiger partial charge in [-0.15, -0.1) is 0 Å². The molecule has 0 saturated carbocycles. The summed E-state index contributed by atoms with van der Waals surface area (Å²) in [6, 6.07) is 10.9. The molecule has 1 aromatic carbocycles. The van der Waals surface area contributed by atoms with E-state index >= 15 is 0 Å². The number of fused-ring (bicyclic) bond motifs is 2. The molecule has 5 heterocycles. The monoisotopic (exact) mass is 478 g/mol. The Balaban J connectivity index is 1.44. The number of nitrogens with one attached hydrogen (secondary N) is 3. The smallest absolute Gasteiger partial charge is 0.161 e. The molecule has 0 radical (unpaired) electrons. The number of pyridine rings is 3. The van der Waals surface area contributed by atoms with Crippen molar-refractivity contribution in [3.05, 3.63) is 78.1 Å². The Morgan fingerprint density at radius 2 is 1.83 bits per heavy atom. The minimum Gasteiger partial charge on any atom is -0.321 e. The van der Waals surface area contributed by atoms with Gasteiger partial charge in [0.15, 0.2) is 17.1 Å². The zero-order valence-electron chi connectivity index (χ0n) is 19.8. The van der Waals surface area contributed by atoms with E-state index in [1.807, 2.05) is 43.7 Å². The Bertz CT molecular complexity index is 1700. The first-order valence-corrected chi connectivity index (χ1v) is 11.7. The van der Waals surface area contributed by atoms with Crippen LogP contribution in [0.5, 0.6) is 0 Å². The minimum atomic E-state index is -0.286. The Morgan fingerprint density at radius 1 is 0.944 bits per heavy atom. The summed E-state index contributed by atoms with van der Waals surface area (Å²) in [4.78, 5) is 21.5. The van der Waals surface area contributed by atoms with E-state index in [4.69, 9.17) is 4.98 Å². The molecule has 0 amide bonds. The van der Waals surface area contributed by atoms with Crippen molar-refractivity contribution in [2.24, 2.45) is 0 Å². The van der Waals surface area contributed by atoms with Crippen LogP contribution in [-0.4, -0.2) is 41.7 Å². The molecular weight excluding hydrogens is 455 g/mol. The lowest BCUT2D eigenvalue weighted by atomic mass is 10.0. The van der Waals surface area contributed by atoms with Crippen LogP contribution in [0.2, 0.25) is 0 Å². The number of hydrogen-bond donors (Lipinski definition) is 3. The molecule has 0 aliphatic carbocycles. The number of hydrogen-bond acceptors (Lipinski definition) is 6. The van der Waals surface area contributed by atoms with Gasteiger partial charge in [0.1, 0.15) is 17.0 Å². The Hall–Kier alpha value is -4.50. The summed E-state index contributed by atoms with van der Waals surface area (Å²) in [6.07, 6.45) is 7.19. The van der Waals surface area contributed by atoms with Gasteiger partial charge in [-0.25, -0.2) is 19.3 Å². The van der Waals surface area contributed by atoms with Crippen LogP contribution in [0.1, 0.15) is 18.1 Å². The number of aromatic nitrogens is 7. The van der Waals surface area contributed by atoms with E-state index in [1.54, 1.807) is 6.20 Å². The quantitative estimate of drug-likeness (QED) is 0.304. The minimum absolute atomic E-state index is 0.286. The second-order valence-electron chi connectivity index (χ2n) is 8.71. The molecule has 0 fully saturated rings. The second-order valence-corrected chi connectivity index (χ2v) is 8.71. The van der Waals surface area contributed by atoms with Crippen molar-refractivity contribution in [2.45, 2.75) is 20.4 Å². The molecule has 0 saturated heterocycles. The van der Waals surface area contributed by atoms with E-state index in [0.29, 0.717) is 28.3 Å². The molecule has 178 valence electrons. The van der Waals surface area contributed by atoms with Gasteiger partial charge in [0.2, 0.25) is 0 Å². The molecular formula is C27H23FN8. The molecule has 3 N–H and O–H groups in total. The van der Waals surface area contributed by atoms with Gasteiger partial charge in [0, 0.05) is 48.0 Å².